The third kappa shape index (κ3) is 4.72. The van der Waals surface area contributed by atoms with Crippen LogP contribution < -0.4 is 10.1 Å². The Morgan fingerprint density at radius 1 is 1.22 bits per heavy atom. The summed E-state index contributed by atoms with van der Waals surface area (Å²) in [7, 11) is 0. The number of aryl methyl sites for hydroxylation is 1. The van der Waals surface area contributed by atoms with Crippen LogP contribution in [0.2, 0.25) is 0 Å². The molecule has 2 aliphatic heterocycles. The molecule has 6 rings (SSSR count). The third-order valence-electron chi connectivity index (χ3n) is 6.72. The smallest absolute Gasteiger partial charge is 0.316 e. The van der Waals surface area contributed by atoms with E-state index in [0.29, 0.717) is 23.3 Å². The summed E-state index contributed by atoms with van der Waals surface area (Å²) in [6, 6.07) is 7.24. The van der Waals surface area contributed by atoms with Gasteiger partial charge in [0.05, 0.1) is 21.9 Å². The molecule has 0 aromatic carbocycles. The molecular formula is C27H30N4O4S. The van der Waals surface area contributed by atoms with Crippen LogP contribution in [0.4, 0.5) is 11.6 Å². The molecule has 2 bridgehead atoms. The number of carbonyl (C=O) groups is 2. The van der Waals surface area contributed by atoms with E-state index in [9.17, 15) is 9.59 Å². The van der Waals surface area contributed by atoms with Crippen molar-refractivity contribution >= 4 is 34.9 Å². The van der Waals surface area contributed by atoms with Crippen molar-refractivity contribution in [3.05, 3.63) is 47.2 Å². The maximum atomic E-state index is 12.4. The molecule has 1 N–H and O–H groups in total. The van der Waals surface area contributed by atoms with Crippen LogP contribution in [0.15, 0.2) is 36.7 Å². The Kier molecular flexibility index (Phi) is 6.06. The second kappa shape index (κ2) is 8.96. The van der Waals surface area contributed by atoms with E-state index in [1.54, 1.807) is 18.3 Å². The lowest BCUT2D eigenvalue weighted by Crippen LogP contribution is -2.49. The zero-order valence-corrected chi connectivity index (χ0v) is 21.9. The molecule has 3 fully saturated rings. The number of pyridine rings is 2. The molecule has 188 valence electrons. The summed E-state index contributed by atoms with van der Waals surface area (Å²) < 4.78 is 11.4. The second-order valence-electron chi connectivity index (χ2n) is 10.8. The van der Waals surface area contributed by atoms with Gasteiger partial charge in [0.25, 0.3) is 0 Å². The Morgan fingerprint density at radius 2 is 2.03 bits per heavy atom. The van der Waals surface area contributed by atoms with E-state index in [4.69, 9.17) is 14.5 Å². The maximum Gasteiger partial charge on any atom is 0.316 e. The van der Waals surface area contributed by atoms with Gasteiger partial charge in [-0.15, -0.1) is 11.3 Å². The van der Waals surface area contributed by atoms with Gasteiger partial charge in [0.2, 0.25) is 0 Å². The topological polar surface area (TPSA) is 103 Å². The van der Waals surface area contributed by atoms with E-state index >= 15 is 0 Å². The number of nitrogens with zero attached hydrogens (tertiary/aromatic N) is 3. The number of fused-ring (bicyclic) bond motifs is 3. The summed E-state index contributed by atoms with van der Waals surface area (Å²) in [5.74, 6) is 1.44. The van der Waals surface area contributed by atoms with Gasteiger partial charge in [-0.1, -0.05) is 6.92 Å². The molecule has 3 atom stereocenters. The maximum absolute atomic E-state index is 12.4. The highest BCUT2D eigenvalue weighted by atomic mass is 32.1. The predicted molar refractivity (Wildman–Crippen MR) is 137 cm³/mol. The van der Waals surface area contributed by atoms with E-state index in [1.807, 2.05) is 46.0 Å². The van der Waals surface area contributed by atoms with Gasteiger partial charge in [0.15, 0.2) is 5.60 Å². The van der Waals surface area contributed by atoms with E-state index in [2.05, 4.69) is 22.2 Å². The standard InChI is InChI=1S/C27H30N4O4S/c1-15-10-19(20-14-29-24(36-20)27-8-6-18(16(2)13-27)23(32)35-27)30-22(11-15)31-21-12-17(7-9-28-21)34-25(33)26(3,4)5/h7,9-12,14,16,18H,6,8,13H2,1-5H3,(H,28,30,31). The zero-order chi connectivity index (χ0) is 25.7. The van der Waals surface area contributed by atoms with Crippen LogP contribution in [0.5, 0.6) is 5.75 Å². The number of carbonyl (C=O) groups excluding carboxylic acids is 2. The normalized spacial score (nSPS) is 23.3. The third-order valence-corrected chi connectivity index (χ3v) is 7.93. The minimum atomic E-state index is -0.617. The van der Waals surface area contributed by atoms with E-state index < -0.39 is 11.0 Å². The van der Waals surface area contributed by atoms with Crippen LogP contribution in [0, 0.1) is 24.2 Å². The average Bonchev–Trinajstić information content (AvgIpc) is 3.30. The van der Waals surface area contributed by atoms with Gasteiger partial charge < -0.3 is 14.8 Å². The number of hydrogen-bond acceptors (Lipinski definition) is 9. The largest absolute Gasteiger partial charge is 0.451 e. The van der Waals surface area contributed by atoms with Crippen molar-refractivity contribution in [2.45, 2.75) is 59.5 Å². The first-order chi connectivity index (χ1) is 17.0. The molecule has 1 saturated carbocycles. The van der Waals surface area contributed by atoms with Gasteiger partial charge in [-0.25, -0.2) is 15.0 Å². The lowest BCUT2D eigenvalue weighted by atomic mass is 9.70. The molecule has 0 radical (unpaired) electrons. The first-order valence-electron chi connectivity index (χ1n) is 12.2. The summed E-state index contributed by atoms with van der Waals surface area (Å²) in [5, 5.41) is 4.05. The van der Waals surface area contributed by atoms with Crippen LogP contribution >= 0.6 is 11.3 Å². The van der Waals surface area contributed by atoms with Crippen molar-refractivity contribution in [1.29, 1.82) is 0 Å². The fourth-order valence-electron chi connectivity index (χ4n) is 4.78. The molecule has 3 unspecified atom stereocenters. The van der Waals surface area contributed by atoms with Crippen molar-refractivity contribution in [2.75, 3.05) is 5.32 Å². The molecule has 2 saturated heterocycles. The Balaban J connectivity index is 1.37. The molecule has 36 heavy (non-hydrogen) atoms. The number of aromatic nitrogens is 3. The Labute approximate surface area is 214 Å². The molecule has 9 heteroatoms. The van der Waals surface area contributed by atoms with Crippen molar-refractivity contribution < 1.29 is 19.1 Å². The summed E-state index contributed by atoms with van der Waals surface area (Å²) in [6.07, 6.45) is 5.87. The molecule has 3 aromatic rings. The number of anilines is 2. The monoisotopic (exact) mass is 506 g/mol. The fourth-order valence-corrected chi connectivity index (χ4v) is 5.82. The van der Waals surface area contributed by atoms with Crippen LogP contribution in [-0.4, -0.2) is 26.9 Å². The number of rotatable bonds is 5. The quantitative estimate of drug-likeness (QED) is 0.434. The van der Waals surface area contributed by atoms with Gasteiger partial charge in [0, 0.05) is 18.5 Å². The predicted octanol–water partition coefficient (Wildman–Crippen LogP) is 5.79. The van der Waals surface area contributed by atoms with Crippen LogP contribution in [0.1, 0.15) is 57.5 Å². The number of esters is 2. The molecule has 8 nitrogen and oxygen atoms in total. The molecule has 1 aliphatic carbocycles. The molecule has 0 amide bonds. The van der Waals surface area contributed by atoms with Crippen LogP contribution in [-0.2, 0) is 19.9 Å². The minimum Gasteiger partial charge on any atom is -0.451 e. The first kappa shape index (κ1) is 24.4. The summed E-state index contributed by atoms with van der Waals surface area (Å²) >= 11 is 1.53. The lowest BCUT2D eigenvalue weighted by molar-refractivity contribution is -0.198. The average molecular weight is 507 g/mol. The van der Waals surface area contributed by atoms with Crippen molar-refractivity contribution in [1.82, 2.24) is 15.0 Å². The molecular weight excluding hydrogens is 476 g/mol. The van der Waals surface area contributed by atoms with Crippen molar-refractivity contribution in [3.63, 3.8) is 0 Å². The highest BCUT2D eigenvalue weighted by Gasteiger charge is 2.53. The van der Waals surface area contributed by atoms with Crippen LogP contribution in [0.3, 0.4) is 0 Å². The number of nitrogens with one attached hydrogen (secondary N) is 1. The van der Waals surface area contributed by atoms with Gasteiger partial charge >= 0.3 is 11.9 Å². The van der Waals surface area contributed by atoms with Crippen molar-refractivity contribution in [3.8, 4) is 16.3 Å². The summed E-state index contributed by atoms with van der Waals surface area (Å²) in [6.45, 7) is 9.55. The second-order valence-corrected chi connectivity index (χ2v) is 11.9. The molecule has 3 aromatic heterocycles. The van der Waals surface area contributed by atoms with Gasteiger partial charge in [-0.05, 0) is 76.6 Å². The Bertz CT molecular complexity index is 1330. The molecule has 0 spiro atoms. The number of ether oxygens (including phenoxy) is 2. The van der Waals surface area contributed by atoms with Gasteiger partial charge in [0.1, 0.15) is 22.4 Å². The van der Waals surface area contributed by atoms with E-state index in [-0.39, 0.29) is 17.9 Å². The lowest BCUT2D eigenvalue weighted by Gasteiger charge is -2.47. The first-order valence-corrected chi connectivity index (χ1v) is 13.0. The highest BCUT2D eigenvalue weighted by Crippen LogP contribution is 2.52. The zero-order valence-electron chi connectivity index (χ0n) is 21.1. The number of thiazole rings is 1. The van der Waals surface area contributed by atoms with Gasteiger partial charge in [-0.3, -0.25) is 9.59 Å². The fraction of sp³-hybridized carbons (Fsp3) is 0.444. The van der Waals surface area contributed by atoms with Gasteiger partial charge in [-0.2, -0.15) is 0 Å². The SMILES string of the molecule is Cc1cc(Nc2cc(OC(=O)C(C)(C)C)ccn2)nc(-c2cnc(C34CCC(C(=O)O3)C(C)C4)s2)c1. The van der Waals surface area contributed by atoms with Crippen molar-refractivity contribution in [2.24, 2.45) is 17.3 Å². The summed E-state index contributed by atoms with van der Waals surface area (Å²) in [5.41, 5.74) is 0.569. The Hall–Kier alpha value is -3.33. The number of hydrogen-bond donors (Lipinski definition) is 1. The van der Waals surface area contributed by atoms with E-state index in [1.165, 1.54) is 11.3 Å². The van der Waals surface area contributed by atoms with E-state index in [0.717, 1.165) is 40.4 Å². The summed E-state index contributed by atoms with van der Waals surface area (Å²) in [4.78, 5) is 39.4. The Morgan fingerprint density at radius 3 is 2.75 bits per heavy atom. The molecule has 5 heterocycles. The molecule has 3 aliphatic rings. The highest BCUT2D eigenvalue weighted by molar-refractivity contribution is 7.15. The van der Waals surface area contributed by atoms with Crippen LogP contribution in [0.25, 0.3) is 10.6 Å². The minimum absolute atomic E-state index is 0.0162.